The standard InChI is InChI=1S/C18H21NO5/c1-12(20)23-15-14(21)10-11-19(16(15)18(2,3)4)17(22)24-13-8-6-5-7-9-13/h5-11,15-16H,1-4H3/t15-,16-/m0/s1. The van der Waals surface area contributed by atoms with Crippen LogP contribution in [-0.4, -0.2) is 34.9 Å². The molecule has 6 nitrogen and oxygen atoms in total. The second kappa shape index (κ2) is 6.86. The third-order valence-electron chi connectivity index (χ3n) is 3.61. The highest BCUT2D eigenvalue weighted by atomic mass is 16.6. The van der Waals surface area contributed by atoms with Crippen molar-refractivity contribution >= 4 is 17.8 Å². The summed E-state index contributed by atoms with van der Waals surface area (Å²) >= 11 is 0. The SMILES string of the molecule is CC(=O)O[C@H]1C(=O)C=CN(C(=O)Oc2ccccc2)[C@@H]1C(C)(C)C. The average Bonchev–Trinajstić information content (AvgIpc) is 2.48. The number of para-hydroxylation sites is 1. The molecule has 0 aromatic heterocycles. The van der Waals surface area contributed by atoms with Crippen LogP contribution in [0.25, 0.3) is 0 Å². The highest BCUT2D eigenvalue weighted by Gasteiger charge is 2.46. The molecule has 0 saturated carbocycles. The van der Waals surface area contributed by atoms with Crippen LogP contribution in [0.15, 0.2) is 42.6 Å². The van der Waals surface area contributed by atoms with Crippen LogP contribution in [0.4, 0.5) is 4.79 Å². The van der Waals surface area contributed by atoms with Gasteiger partial charge in [-0.25, -0.2) is 4.79 Å². The van der Waals surface area contributed by atoms with Crippen molar-refractivity contribution in [3.8, 4) is 5.75 Å². The van der Waals surface area contributed by atoms with Gasteiger partial charge in [0.15, 0.2) is 11.9 Å². The van der Waals surface area contributed by atoms with Gasteiger partial charge in [-0.05, 0) is 17.5 Å². The van der Waals surface area contributed by atoms with E-state index in [0.717, 1.165) is 0 Å². The third-order valence-corrected chi connectivity index (χ3v) is 3.61. The maximum Gasteiger partial charge on any atom is 0.419 e. The summed E-state index contributed by atoms with van der Waals surface area (Å²) in [4.78, 5) is 37.4. The summed E-state index contributed by atoms with van der Waals surface area (Å²) in [5.74, 6) is -0.535. The molecule has 1 aromatic rings. The van der Waals surface area contributed by atoms with Crippen molar-refractivity contribution in [2.45, 2.75) is 39.8 Å². The minimum atomic E-state index is -1.06. The number of hydrogen-bond acceptors (Lipinski definition) is 5. The lowest BCUT2D eigenvalue weighted by Gasteiger charge is -2.42. The van der Waals surface area contributed by atoms with Crippen LogP contribution in [0, 0.1) is 5.41 Å². The van der Waals surface area contributed by atoms with Gasteiger partial charge < -0.3 is 9.47 Å². The predicted octanol–water partition coefficient (Wildman–Crippen LogP) is 2.93. The van der Waals surface area contributed by atoms with Crippen molar-refractivity contribution in [3.05, 3.63) is 42.6 Å². The Bertz CT molecular complexity index is 660. The maximum atomic E-state index is 12.6. The minimum absolute atomic E-state index is 0.353. The average molecular weight is 331 g/mol. The van der Waals surface area contributed by atoms with E-state index in [-0.39, 0.29) is 5.78 Å². The highest BCUT2D eigenvalue weighted by molar-refractivity contribution is 5.97. The number of ketones is 1. The molecule has 0 radical (unpaired) electrons. The number of amides is 1. The molecule has 0 fully saturated rings. The molecule has 1 amide bonds. The van der Waals surface area contributed by atoms with Gasteiger partial charge in [0.1, 0.15) is 5.75 Å². The molecule has 0 bridgehead atoms. The largest absolute Gasteiger partial charge is 0.452 e. The smallest absolute Gasteiger partial charge is 0.419 e. The van der Waals surface area contributed by atoms with Gasteiger partial charge in [0.25, 0.3) is 0 Å². The van der Waals surface area contributed by atoms with Crippen LogP contribution < -0.4 is 4.74 Å². The zero-order valence-corrected chi connectivity index (χ0v) is 14.2. The molecule has 2 rings (SSSR count). The van der Waals surface area contributed by atoms with Crippen molar-refractivity contribution in [3.63, 3.8) is 0 Å². The number of rotatable bonds is 2. The molecule has 1 aliphatic rings. The molecule has 0 unspecified atom stereocenters. The van der Waals surface area contributed by atoms with E-state index in [4.69, 9.17) is 9.47 Å². The van der Waals surface area contributed by atoms with Gasteiger partial charge in [0.05, 0.1) is 6.04 Å². The topological polar surface area (TPSA) is 72.9 Å². The van der Waals surface area contributed by atoms with E-state index in [1.54, 1.807) is 24.3 Å². The summed E-state index contributed by atoms with van der Waals surface area (Å²) in [6.07, 6.45) is 0.906. The van der Waals surface area contributed by atoms with E-state index in [1.165, 1.54) is 24.1 Å². The monoisotopic (exact) mass is 331 g/mol. The van der Waals surface area contributed by atoms with Crippen LogP contribution in [0.3, 0.4) is 0 Å². The van der Waals surface area contributed by atoms with E-state index in [2.05, 4.69) is 0 Å². The van der Waals surface area contributed by atoms with Crippen LogP contribution in [0.1, 0.15) is 27.7 Å². The molecule has 1 aliphatic heterocycles. The van der Waals surface area contributed by atoms with E-state index in [9.17, 15) is 14.4 Å². The Balaban J connectivity index is 2.32. The maximum absolute atomic E-state index is 12.6. The molecule has 0 spiro atoms. The van der Waals surface area contributed by atoms with Crippen molar-refractivity contribution in [1.29, 1.82) is 0 Å². The molecule has 24 heavy (non-hydrogen) atoms. The zero-order valence-electron chi connectivity index (χ0n) is 14.2. The van der Waals surface area contributed by atoms with E-state index >= 15 is 0 Å². The fourth-order valence-electron chi connectivity index (χ4n) is 2.63. The molecule has 1 heterocycles. The van der Waals surface area contributed by atoms with Crippen LogP contribution in [0.2, 0.25) is 0 Å². The first-order valence-corrected chi connectivity index (χ1v) is 7.64. The van der Waals surface area contributed by atoms with Crippen molar-refractivity contribution in [1.82, 2.24) is 4.90 Å². The van der Waals surface area contributed by atoms with Crippen LogP contribution in [-0.2, 0) is 14.3 Å². The minimum Gasteiger partial charge on any atom is -0.452 e. The highest BCUT2D eigenvalue weighted by Crippen LogP contribution is 2.32. The van der Waals surface area contributed by atoms with Gasteiger partial charge >= 0.3 is 12.1 Å². The first kappa shape index (κ1) is 17.7. The number of carbonyl (C=O) groups excluding carboxylic acids is 3. The van der Waals surface area contributed by atoms with Crippen LogP contribution >= 0.6 is 0 Å². The third kappa shape index (κ3) is 4.01. The molecular formula is C18H21NO5. The summed E-state index contributed by atoms with van der Waals surface area (Å²) in [5, 5.41) is 0. The number of hydrogen-bond donors (Lipinski definition) is 0. The number of nitrogens with zero attached hydrogens (tertiary/aromatic N) is 1. The lowest BCUT2D eigenvalue weighted by atomic mass is 9.80. The van der Waals surface area contributed by atoms with Crippen LogP contribution in [0.5, 0.6) is 5.75 Å². The van der Waals surface area contributed by atoms with E-state index < -0.39 is 29.6 Å². The number of esters is 1. The fourth-order valence-corrected chi connectivity index (χ4v) is 2.63. The van der Waals surface area contributed by atoms with Gasteiger partial charge in [0, 0.05) is 19.2 Å². The summed E-state index contributed by atoms with van der Waals surface area (Å²) in [6.45, 7) is 6.83. The summed E-state index contributed by atoms with van der Waals surface area (Å²) < 4.78 is 10.5. The molecule has 0 saturated heterocycles. The fraction of sp³-hybridized carbons (Fsp3) is 0.389. The Morgan fingerprint density at radius 1 is 1.12 bits per heavy atom. The quantitative estimate of drug-likeness (QED) is 0.779. The lowest BCUT2D eigenvalue weighted by molar-refractivity contribution is -0.158. The van der Waals surface area contributed by atoms with Gasteiger partial charge in [-0.2, -0.15) is 0 Å². The Morgan fingerprint density at radius 2 is 1.75 bits per heavy atom. The Kier molecular flexibility index (Phi) is 5.07. The number of carbonyl (C=O) groups is 3. The predicted molar refractivity (Wildman–Crippen MR) is 87.2 cm³/mol. The summed E-state index contributed by atoms with van der Waals surface area (Å²) in [7, 11) is 0. The molecule has 128 valence electrons. The molecule has 0 N–H and O–H groups in total. The second-order valence-electron chi connectivity index (χ2n) is 6.65. The first-order chi connectivity index (χ1) is 11.2. The van der Waals surface area contributed by atoms with Crippen molar-refractivity contribution in [2.24, 2.45) is 5.41 Å². The first-order valence-electron chi connectivity index (χ1n) is 7.64. The molecule has 6 heteroatoms. The van der Waals surface area contributed by atoms with Gasteiger partial charge in [-0.1, -0.05) is 39.0 Å². The van der Waals surface area contributed by atoms with Gasteiger partial charge in [0.2, 0.25) is 0 Å². The summed E-state index contributed by atoms with van der Waals surface area (Å²) in [5.41, 5.74) is -0.518. The van der Waals surface area contributed by atoms with Crippen molar-refractivity contribution < 1.29 is 23.9 Å². The molecule has 1 aromatic carbocycles. The summed E-state index contributed by atoms with van der Waals surface area (Å²) in [6, 6.07) is 7.96. The molecule has 0 aliphatic carbocycles. The zero-order chi connectivity index (χ0) is 17.9. The Morgan fingerprint density at radius 3 is 2.29 bits per heavy atom. The Hall–Kier alpha value is -2.63. The van der Waals surface area contributed by atoms with E-state index in [1.807, 2.05) is 26.8 Å². The Labute approximate surface area is 141 Å². The van der Waals surface area contributed by atoms with E-state index in [0.29, 0.717) is 5.75 Å². The number of benzene rings is 1. The molecule has 2 atom stereocenters. The lowest BCUT2D eigenvalue weighted by Crippen LogP contribution is -2.57. The van der Waals surface area contributed by atoms with Gasteiger partial charge in [-0.3, -0.25) is 14.5 Å². The van der Waals surface area contributed by atoms with Gasteiger partial charge in [-0.15, -0.1) is 0 Å². The second-order valence-corrected chi connectivity index (χ2v) is 6.65. The van der Waals surface area contributed by atoms with Crippen molar-refractivity contribution in [2.75, 3.05) is 0 Å². The normalized spacial score (nSPS) is 20.7. The number of ether oxygens (including phenoxy) is 2. The molecular weight excluding hydrogens is 310 g/mol.